The van der Waals surface area contributed by atoms with Crippen molar-refractivity contribution in [1.82, 2.24) is 4.98 Å². The molecule has 5 N–H and O–H groups in total. The van der Waals surface area contributed by atoms with Crippen LogP contribution in [0.3, 0.4) is 0 Å². The summed E-state index contributed by atoms with van der Waals surface area (Å²) in [5.41, 5.74) is 1.82. The van der Waals surface area contributed by atoms with Gasteiger partial charge in [0.2, 0.25) is 0 Å². The Kier molecular flexibility index (Phi) is 4.11. The van der Waals surface area contributed by atoms with Crippen molar-refractivity contribution in [1.29, 1.82) is 0 Å². The molecule has 1 heterocycles. The Morgan fingerprint density at radius 3 is 2.26 bits per heavy atom. The number of aromatic amines is 1. The summed E-state index contributed by atoms with van der Waals surface area (Å²) in [7, 11) is 0. The highest BCUT2D eigenvalue weighted by Gasteiger charge is 2.29. The normalized spacial score (nSPS) is 10.6. The summed E-state index contributed by atoms with van der Waals surface area (Å²) in [5, 5.41) is 18.3. The lowest BCUT2D eigenvalue weighted by molar-refractivity contribution is 0.0695. The van der Waals surface area contributed by atoms with E-state index in [0.717, 1.165) is 6.07 Å². The van der Waals surface area contributed by atoms with Gasteiger partial charge >= 0.3 is 11.9 Å². The van der Waals surface area contributed by atoms with Crippen LogP contribution in [-0.2, 0) is 0 Å². The Labute approximate surface area is 133 Å². The summed E-state index contributed by atoms with van der Waals surface area (Å²) >= 11 is 6.01. The highest BCUT2D eigenvalue weighted by molar-refractivity contribution is 6.34. The van der Waals surface area contributed by atoms with E-state index in [0.29, 0.717) is 5.56 Å². The van der Waals surface area contributed by atoms with E-state index in [1.807, 2.05) is 4.98 Å². The van der Waals surface area contributed by atoms with Gasteiger partial charge in [0.05, 0.1) is 5.02 Å². The molecule has 1 aromatic heterocycles. The van der Waals surface area contributed by atoms with Gasteiger partial charge in [0.1, 0.15) is 22.8 Å². The van der Waals surface area contributed by atoms with Gasteiger partial charge in [-0.15, -0.1) is 0 Å². The predicted molar refractivity (Wildman–Crippen MR) is 80.5 cm³/mol. The molecule has 23 heavy (non-hydrogen) atoms. The van der Waals surface area contributed by atoms with Crippen LogP contribution in [0.5, 0.6) is 0 Å². The maximum Gasteiger partial charge on any atom is 0.342 e. The molecule has 0 spiro atoms. The molecule has 1 aromatic carbocycles. The molecule has 9 heteroatoms. The number of nitrogens with one attached hydrogen (secondary N) is 1. The standard InChI is InChI=1S/C14H10ClFN2O5/c1-4-2-3-5(16)6(10(4)15)7-8(13(20)21)11(17)18-12(19)9(7)14(22)23/h2-3H,1H3,(H,20,21)(H,22,23)(H3,17,18,19). The van der Waals surface area contributed by atoms with E-state index in [4.69, 9.17) is 17.3 Å². The zero-order chi connectivity index (χ0) is 17.5. The van der Waals surface area contributed by atoms with E-state index in [1.54, 1.807) is 0 Å². The van der Waals surface area contributed by atoms with Crippen molar-refractivity contribution in [2.24, 2.45) is 0 Å². The van der Waals surface area contributed by atoms with Crippen molar-refractivity contribution in [2.45, 2.75) is 6.92 Å². The molecule has 0 radical (unpaired) electrons. The second-order valence-corrected chi connectivity index (χ2v) is 5.03. The first-order chi connectivity index (χ1) is 10.7. The Morgan fingerprint density at radius 1 is 1.17 bits per heavy atom. The van der Waals surface area contributed by atoms with Crippen molar-refractivity contribution >= 4 is 29.4 Å². The van der Waals surface area contributed by atoms with Crippen LogP contribution in [0.4, 0.5) is 10.2 Å². The SMILES string of the molecule is Cc1ccc(F)c(-c2c(C(=O)O)c(N)[nH]c(=O)c2C(=O)O)c1Cl. The van der Waals surface area contributed by atoms with Crippen molar-refractivity contribution in [3.05, 3.63) is 50.0 Å². The van der Waals surface area contributed by atoms with Gasteiger partial charge in [0, 0.05) is 11.1 Å². The van der Waals surface area contributed by atoms with Crippen LogP contribution >= 0.6 is 11.6 Å². The van der Waals surface area contributed by atoms with Crippen LogP contribution in [0.1, 0.15) is 26.3 Å². The number of nitrogen functional groups attached to an aromatic ring is 1. The number of H-pyrrole nitrogens is 1. The van der Waals surface area contributed by atoms with Gasteiger partial charge < -0.3 is 20.9 Å². The topological polar surface area (TPSA) is 133 Å². The fraction of sp³-hybridized carbons (Fsp3) is 0.0714. The number of halogens is 2. The van der Waals surface area contributed by atoms with E-state index < -0.39 is 51.4 Å². The number of aromatic carboxylic acids is 2. The number of carboxylic acids is 2. The molecule has 7 nitrogen and oxygen atoms in total. The van der Waals surface area contributed by atoms with Crippen LogP contribution in [0.25, 0.3) is 11.1 Å². The molecule has 0 unspecified atom stereocenters. The molecule has 0 aliphatic heterocycles. The van der Waals surface area contributed by atoms with Gasteiger partial charge in [-0.25, -0.2) is 14.0 Å². The van der Waals surface area contributed by atoms with E-state index >= 15 is 0 Å². The summed E-state index contributed by atoms with van der Waals surface area (Å²) in [6.45, 7) is 1.52. The molecule has 0 saturated heterocycles. The van der Waals surface area contributed by atoms with Gasteiger partial charge in [-0.3, -0.25) is 4.79 Å². The molecule has 0 aliphatic carbocycles. The number of nitrogens with two attached hydrogens (primary N) is 1. The number of anilines is 1. The zero-order valence-electron chi connectivity index (χ0n) is 11.6. The Bertz CT molecular complexity index is 907. The zero-order valence-corrected chi connectivity index (χ0v) is 12.4. The minimum atomic E-state index is -1.74. The quantitative estimate of drug-likeness (QED) is 0.676. The smallest absolute Gasteiger partial charge is 0.342 e. The van der Waals surface area contributed by atoms with E-state index in [1.165, 1.54) is 13.0 Å². The van der Waals surface area contributed by atoms with Crippen LogP contribution in [0.2, 0.25) is 5.02 Å². The van der Waals surface area contributed by atoms with Gasteiger partial charge in [-0.05, 0) is 18.6 Å². The number of aryl methyl sites for hydroxylation is 1. The maximum atomic E-state index is 14.2. The van der Waals surface area contributed by atoms with Gasteiger partial charge in [-0.1, -0.05) is 17.7 Å². The number of carboxylic acid groups (broad SMARTS) is 2. The summed E-state index contributed by atoms with van der Waals surface area (Å²) in [5.74, 6) is -4.94. The summed E-state index contributed by atoms with van der Waals surface area (Å²) < 4.78 is 14.2. The second-order valence-electron chi connectivity index (χ2n) is 4.66. The van der Waals surface area contributed by atoms with E-state index in [2.05, 4.69) is 0 Å². The largest absolute Gasteiger partial charge is 0.478 e. The van der Waals surface area contributed by atoms with Crippen molar-refractivity contribution in [3.8, 4) is 11.1 Å². The highest BCUT2D eigenvalue weighted by atomic mass is 35.5. The molecule has 0 fully saturated rings. The molecular weight excluding hydrogens is 331 g/mol. The molecule has 0 amide bonds. The van der Waals surface area contributed by atoms with E-state index in [9.17, 15) is 29.0 Å². The lowest BCUT2D eigenvalue weighted by atomic mass is 9.94. The fourth-order valence-corrected chi connectivity index (χ4v) is 2.43. The first-order valence-corrected chi connectivity index (χ1v) is 6.51. The molecule has 0 saturated carbocycles. The third-order valence-corrected chi connectivity index (χ3v) is 3.69. The van der Waals surface area contributed by atoms with E-state index in [-0.39, 0.29) is 5.02 Å². The average molecular weight is 341 g/mol. The van der Waals surface area contributed by atoms with Gasteiger partial charge in [-0.2, -0.15) is 0 Å². The molecule has 0 aliphatic rings. The first-order valence-electron chi connectivity index (χ1n) is 6.14. The monoisotopic (exact) mass is 340 g/mol. The van der Waals surface area contributed by atoms with Crippen LogP contribution in [-0.4, -0.2) is 27.1 Å². The van der Waals surface area contributed by atoms with Gasteiger partial charge in [0.25, 0.3) is 5.56 Å². The fourth-order valence-electron chi connectivity index (χ4n) is 2.18. The van der Waals surface area contributed by atoms with Crippen molar-refractivity contribution in [3.63, 3.8) is 0 Å². The number of rotatable bonds is 3. The molecular formula is C14H10ClFN2O5. The number of carbonyl (C=O) groups is 2. The Morgan fingerprint density at radius 2 is 1.74 bits per heavy atom. The van der Waals surface area contributed by atoms with Crippen molar-refractivity contribution in [2.75, 3.05) is 5.73 Å². The van der Waals surface area contributed by atoms with Crippen LogP contribution in [0, 0.1) is 12.7 Å². The lowest BCUT2D eigenvalue weighted by Crippen LogP contribution is -2.24. The third-order valence-electron chi connectivity index (χ3n) is 3.21. The number of hydrogen-bond acceptors (Lipinski definition) is 4. The van der Waals surface area contributed by atoms with Crippen LogP contribution < -0.4 is 11.3 Å². The maximum absolute atomic E-state index is 14.2. The highest BCUT2D eigenvalue weighted by Crippen LogP contribution is 2.37. The molecule has 0 bridgehead atoms. The summed E-state index contributed by atoms with van der Waals surface area (Å²) in [6, 6.07) is 2.32. The Balaban J connectivity index is 3.14. The molecule has 0 atom stereocenters. The van der Waals surface area contributed by atoms with Gasteiger partial charge in [0.15, 0.2) is 0 Å². The third kappa shape index (κ3) is 2.64. The number of benzene rings is 1. The van der Waals surface area contributed by atoms with Crippen LogP contribution in [0.15, 0.2) is 16.9 Å². The number of aromatic nitrogens is 1. The number of pyridine rings is 1. The molecule has 2 rings (SSSR count). The van der Waals surface area contributed by atoms with Crippen molar-refractivity contribution < 1.29 is 24.2 Å². The Hall–Kier alpha value is -2.87. The first kappa shape index (κ1) is 16.5. The average Bonchev–Trinajstić information content (AvgIpc) is 2.42. The summed E-state index contributed by atoms with van der Waals surface area (Å²) in [4.78, 5) is 36.7. The molecule has 2 aromatic rings. The summed E-state index contributed by atoms with van der Waals surface area (Å²) in [6.07, 6.45) is 0. The lowest BCUT2D eigenvalue weighted by Gasteiger charge is -2.15. The number of hydrogen-bond donors (Lipinski definition) is 4. The minimum absolute atomic E-state index is 0.208. The predicted octanol–water partition coefficient (Wildman–Crippen LogP) is 2.12. The minimum Gasteiger partial charge on any atom is -0.478 e. The second kappa shape index (κ2) is 5.73. The molecule has 120 valence electrons.